The summed E-state index contributed by atoms with van der Waals surface area (Å²) in [4.78, 5) is 58.3. The zero-order valence-electron chi connectivity index (χ0n) is 18.1. The van der Waals surface area contributed by atoms with Crippen molar-refractivity contribution in [1.82, 2.24) is 39.8 Å². The number of hydrogen-bond acceptors (Lipinski definition) is 15. The zero-order chi connectivity index (χ0) is 26.0. The largest absolute Gasteiger partial charge is 0.480 e. The van der Waals surface area contributed by atoms with Crippen LogP contribution in [-0.4, -0.2) is 104 Å². The third kappa shape index (κ3) is 4.95. The van der Waals surface area contributed by atoms with Crippen LogP contribution in [-0.2, 0) is 30.6 Å². The molecule has 2 aromatic rings. The number of β-lactam (4-membered cyclic amide) rings is 1. The number of carbonyl (C=O) groups is 4. The van der Waals surface area contributed by atoms with Crippen molar-refractivity contribution in [3.63, 3.8) is 0 Å². The van der Waals surface area contributed by atoms with E-state index in [-0.39, 0.29) is 39.0 Å². The maximum Gasteiger partial charge on any atom is 0.352 e. The second-order valence-corrected chi connectivity index (χ2v) is 9.83. The standard InChI is InChI=1S/C16H16N10O7S3/c1-33-21-7(10-19-15(17)36-22-10)11(29)18-8-12(30)26-9(14(31)32)5(3-34-13(8)26)4-35-16-20-23-24-25(16)2-6(27)28/h8,13H,2-4H2,1H3,(H,18,29)(H,27,28)(H,31,32)(H2,17,19,22)/b21-7+/t8?,13-/m1/s1. The van der Waals surface area contributed by atoms with Gasteiger partial charge in [0.2, 0.25) is 16.7 Å². The van der Waals surface area contributed by atoms with Crippen LogP contribution >= 0.6 is 35.1 Å². The van der Waals surface area contributed by atoms with Crippen molar-refractivity contribution in [2.45, 2.75) is 23.1 Å². The molecule has 0 bridgehead atoms. The number of oxime groups is 1. The van der Waals surface area contributed by atoms with Crippen LogP contribution in [0.15, 0.2) is 21.6 Å². The fourth-order valence-corrected chi connectivity index (χ4v) is 6.09. The van der Waals surface area contributed by atoms with Crippen LogP contribution in [0.5, 0.6) is 0 Å². The minimum atomic E-state index is -1.32. The first-order valence-corrected chi connectivity index (χ1v) is 12.5. The van der Waals surface area contributed by atoms with Crippen LogP contribution in [0.4, 0.5) is 5.13 Å². The number of thioether (sulfide) groups is 2. The number of aromatic nitrogens is 6. The van der Waals surface area contributed by atoms with E-state index in [4.69, 9.17) is 10.8 Å². The van der Waals surface area contributed by atoms with Crippen LogP contribution in [0.3, 0.4) is 0 Å². The van der Waals surface area contributed by atoms with Crippen LogP contribution in [0.25, 0.3) is 0 Å². The molecular formula is C16H16N10O7S3. The van der Waals surface area contributed by atoms with Gasteiger partial charge >= 0.3 is 11.9 Å². The minimum absolute atomic E-state index is 0.0764. The van der Waals surface area contributed by atoms with Crippen LogP contribution in [0.2, 0.25) is 0 Å². The summed E-state index contributed by atoms with van der Waals surface area (Å²) in [7, 11) is 1.22. The number of carbonyl (C=O) groups excluding carboxylic acids is 2. The molecule has 2 amide bonds. The molecule has 0 spiro atoms. The third-order valence-corrected chi connectivity index (χ3v) is 7.67. The third-order valence-electron chi connectivity index (χ3n) is 4.75. The number of fused-ring (bicyclic) bond motifs is 1. The Morgan fingerprint density at radius 3 is 2.78 bits per heavy atom. The van der Waals surface area contributed by atoms with Gasteiger partial charge in [-0.15, -0.1) is 16.9 Å². The molecule has 1 fully saturated rings. The highest BCUT2D eigenvalue weighted by atomic mass is 32.2. The molecule has 2 aliphatic heterocycles. The predicted octanol–water partition coefficient (Wildman–Crippen LogP) is -1.93. The van der Waals surface area contributed by atoms with E-state index >= 15 is 0 Å². The smallest absolute Gasteiger partial charge is 0.352 e. The van der Waals surface area contributed by atoms with E-state index in [0.717, 1.165) is 32.9 Å². The Morgan fingerprint density at radius 1 is 1.36 bits per heavy atom. The fraction of sp³-hybridized carbons (Fsp3) is 0.375. The zero-order valence-corrected chi connectivity index (χ0v) is 20.5. The minimum Gasteiger partial charge on any atom is -0.480 e. The molecule has 2 aliphatic rings. The summed E-state index contributed by atoms with van der Waals surface area (Å²) in [5.74, 6) is -3.62. The maximum absolute atomic E-state index is 12.9. The number of aliphatic carboxylic acids is 2. The number of nitrogen functional groups attached to an aromatic ring is 1. The molecule has 36 heavy (non-hydrogen) atoms. The van der Waals surface area contributed by atoms with Crippen molar-refractivity contribution in [3.8, 4) is 0 Å². The first kappa shape index (κ1) is 25.3. The molecule has 1 unspecified atom stereocenters. The number of carboxylic acid groups (broad SMARTS) is 2. The van der Waals surface area contributed by atoms with Crippen molar-refractivity contribution >= 4 is 69.7 Å². The highest BCUT2D eigenvalue weighted by molar-refractivity contribution is 8.01. The van der Waals surface area contributed by atoms with E-state index in [1.165, 1.54) is 18.9 Å². The first-order chi connectivity index (χ1) is 17.2. The lowest BCUT2D eigenvalue weighted by atomic mass is 10.0. The number of nitrogens with zero attached hydrogens (tertiary/aromatic N) is 8. The molecule has 0 aliphatic carbocycles. The quantitative estimate of drug-likeness (QED) is 0.108. The van der Waals surface area contributed by atoms with E-state index < -0.39 is 41.7 Å². The van der Waals surface area contributed by atoms with Crippen molar-refractivity contribution in [2.24, 2.45) is 5.16 Å². The summed E-state index contributed by atoms with van der Waals surface area (Å²) >= 11 is 3.15. The van der Waals surface area contributed by atoms with Gasteiger partial charge in [0.25, 0.3) is 11.8 Å². The number of rotatable bonds is 10. The summed E-state index contributed by atoms with van der Waals surface area (Å²) < 4.78 is 4.98. The summed E-state index contributed by atoms with van der Waals surface area (Å²) in [5, 5.41) is 35.3. The molecule has 2 aromatic heterocycles. The number of anilines is 1. The van der Waals surface area contributed by atoms with Gasteiger partial charge in [0.15, 0.2) is 5.13 Å². The fourth-order valence-electron chi connectivity index (χ4n) is 3.29. The van der Waals surface area contributed by atoms with Gasteiger partial charge in [-0.1, -0.05) is 16.9 Å². The van der Waals surface area contributed by atoms with Gasteiger partial charge < -0.3 is 26.1 Å². The monoisotopic (exact) mass is 556 g/mol. The molecule has 17 nitrogen and oxygen atoms in total. The molecule has 0 saturated carbocycles. The number of hydrogen-bond donors (Lipinski definition) is 4. The van der Waals surface area contributed by atoms with Gasteiger partial charge in [0.05, 0.1) is 0 Å². The number of amides is 2. The lowest BCUT2D eigenvalue weighted by Gasteiger charge is -2.49. The van der Waals surface area contributed by atoms with Gasteiger partial charge in [-0.25, -0.2) is 9.48 Å². The Morgan fingerprint density at radius 2 is 2.14 bits per heavy atom. The van der Waals surface area contributed by atoms with E-state index in [1.807, 2.05) is 0 Å². The Balaban J connectivity index is 1.48. The summed E-state index contributed by atoms with van der Waals surface area (Å²) in [6.07, 6.45) is 0. The number of tetrazole rings is 1. The average molecular weight is 557 g/mol. The summed E-state index contributed by atoms with van der Waals surface area (Å²) in [6, 6.07) is -1.02. The van der Waals surface area contributed by atoms with E-state index in [2.05, 4.69) is 40.2 Å². The SMILES string of the molecule is CO/N=C(/C(=O)NC1C(=O)N2C(C(=O)O)=C(CSc3nnnn3CC(=O)O)CS[C@H]12)c1nsc(N)n1. The molecule has 0 radical (unpaired) electrons. The van der Waals surface area contributed by atoms with Gasteiger partial charge in [-0.3, -0.25) is 19.3 Å². The molecule has 4 rings (SSSR count). The topological polar surface area (TPSA) is 241 Å². The first-order valence-electron chi connectivity index (χ1n) is 9.73. The van der Waals surface area contributed by atoms with Crippen molar-refractivity contribution in [1.29, 1.82) is 0 Å². The van der Waals surface area contributed by atoms with Crippen molar-refractivity contribution < 1.29 is 34.2 Å². The maximum atomic E-state index is 12.9. The van der Waals surface area contributed by atoms with Crippen LogP contribution in [0, 0.1) is 0 Å². The van der Waals surface area contributed by atoms with Gasteiger partial charge in [0.1, 0.15) is 30.8 Å². The Labute approximate surface area is 213 Å². The van der Waals surface area contributed by atoms with E-state index in [1.54, 1.807) is 0 Å². The normalized spacial score (nSPS) is 19.5. The molecule has 4 heterocycles. The Kier molecular flexibility index (Phi) is 7.35. The van der Waals surface area contributed by atoms with Crippen LogP contribution in [0.1, 0.15) is 5.82 Å². The van der Waals surface area contributed by atoms with Crippen molar-refractivity contribution in [3.05, 3.63) is 17.1 Å². The van der Waals surface area contributed by atoms with Crippen LogP contribution < -0.4 is 11.1 Å². The summed E-state index contributed by atoms with van der Waals surface area (Å²) in [6.45, 7) is -0.458. The second kappa shape index (κ2) is 10.5. The van der Waals surface area contributed by atoms with E-state index in [0.29, 0.717) is 5.57 Å². The highest BCUT2D eigenvalue weighted by Crippen LogP contribution is 2.41. The second-order valence-electron chi connectivity index (χ2n) is 7.00. The predicted molar refractivity (Wildman–Crippen MR) is 124 cm³/mol. The number of nitrogens with two attached hydrogens (primary N) is 1. The lowest BCUT2D eigenvalue weighted by Crippen LogP contribution is -2.71. The van der Waals surface area contributed by atoms with Gasteiger partial charge in [0, 0.05) is 23.0 Å². The molecule has 2 atom stereocenters. The summed E-state index contributed by atoms with van der Waals surface area (Å²) in [5.41, 5.74) is 5.47. The molecule has 5 N–H and O–H groups in total. The molecule has 190 valence electrons. The average Bonchev–Trinajstić information content (AvgIpc) is 3.46. The molecule has 0 aromatic carbocycles. The lowest BCUT2D eigenvalue weighted by molar-refractivity contribution is -0.150. The molecule has 20 heteroatoms. The number of carboxylic acids is 2. The molecule has 1 saturated heterocycles. The Hall–Kier alpha value is -3.78. The van der Waals surface area contributed by atoms with Gasteiger partial charge in [-0.05, 0) is 16.0 Å². The Bertz CT molecular complexity index is 1290. The number of nitrogens with one attached hydrogen (secondary N) is 1. The highest BCUT2D eigenvalue weighted by Gasteiger charge is 2.54. The van der Waals surface area contributed by atoms with Crippen molar-refractivity contribution in [2.75, 3.05) is 24.3 Å². The van der Waals surface area contributed by atoms with Gasteiger partial charge in [-0.2, -0.15) is 9.36 Å². The van der Waals surface area contributed by atoms with E-state index in [9.17, 15) is 24.3 Å². The molecular weight excluding hydrogens is 540 g/mol.